The molecule has 0 aromatic carbocycles. The maximum Gasteiger partial charge on any atom is 0.0980 e. The highest BCUT2D eigenvalue weighted by atomic mass is 16.5. The van der Waals surface area contributed by atoms with E-state index in [1.165, 1.54) is 0 Å². The minimum Gasteiger partial charge on any atom is -0.381 e. The van der Waals surface area contributed by atoms with Crippen molar-refractivity contribution in [2.45, 2.75) is 44.4 Å². The largest absolute Gasteiger partial charge is 0.381 e. The second-order valence-corrected chi connectivity index (χ2v) is 4.72. The van der Waals surface area contributed by atoms with Gasteiger partial charge in [0.05, 0.1) is 12.2 Å². The second kappa shape index (κ2) is 6.83. The molecule has 0 amide bonds. The van der Waals surface area contributed by atoms with E-state index >= 15 is 0 Å². The highest BCUT2D eigenvalue weighted by Crippen LogP contribution is 2.26. The van der Waals surface area contributed by atoms with Gasteiger partial charge in [0.25, 0.3) is 0 Å². The Morgan fingerprint density at radius 3 is 2.67 bits per heavy atom. The molecule has 18 heavy (non-hydrogen) atoms. The summed E-state index contributed by atoms with van der Waals surface area (Å²) < 4.78 is 11.5. The van der Waals surface area contributed by atoms with Crippen molar-refractivity contribution in [3.8, 4) is 0 Å². The quantitative estimate of drug-likeness (QED) is 0.869. The average Bonchev–Trinajstić information content (AvgIpc) is 2.46. The van der Waals surface area contributed by atoms with Crippen LogP contribution in [0.25, 0.3) is 0 Å². The lowest BCUT2D eigenvalue weighted by Crippen LogP contribution is -2.34. The first-order valence-electron chi connectivity index (χ1n) is 6.70. The van der Waals surface area contributed by atoms with Crippen LogP contribution < -0.4 is 5.73 Å². The van der Waals surface area contributed by atoms with Crippen LogP contribution in [0.15, 0.2) is 24.5 Å². The summed E-state index contributed by atoms with van der Waals surface area (Å²) in [7, 11) is 0. The zero-order chi connectivity index (χ0) is 12.8. The standard InChI is InChI=1S/C14H22N2O2/c1-2-13(15)14(11-3-7-16-8-4-11)18-12-5-9-17-10-6-12/h3-4,7-8,12-14H,2,5-6,9-10,15H2,1H3. The minimum atomic E-state index is -0.0406. The summed E-state index contributed by atoms with van der Waals surface area (Å²) in [5.41, 5.74) is 7.31. The number of ether oxygens (including phenoxy) is 2. The molecule has 0 aliphatic carbocycles. The minimum absolute atomic E-state index is 0.0234. The molecule has 100 valence electrons. The van der Waals surface area contributed by atoms with Crippen LogP contribution in [-0.4, -0.2) is 30.3 Å². The maximum atomic E-state index is 6.20. The van der Waals surface area contributed by atoms with E-state index in [4.69, 9.17) is 15.2 Å². The van der Waals surface area contributed by atoms with Crippen LogP contribution >= 0.6 is 0 Å². The van der Waals surface area contributed by atoms with Gasteiger partial charge in [-0.15, -0.1) is 0 Å². The van der Waals surface area contributed by atoms with Gasteiger partial charge in [-0.25, -0.2) is 0 Å². The topological polar surface area (TPSA) is 57.4 Å². The van der Waals surface area contributed by atoms with Crippen molar-refractivity contribution in [1.82, 2.24) is 4.98 Å². The first kappa shape index (κ1) is 13.5. The van der Waals surface area contributed by atoms with Gasteiger partial charge >= 0.3 is 0 Å². The predicted molar refractivity (Wildman–Crippen MR) is 70.2 cm³/mol. The molecular weight excluding hydrogens is 228 g/mol. The van der Waals surface area contributed by atoms with Crippen molar-refractivity contribution in [1.29, 1.82) is 0 Å². The Kier molecular flexibility index (Phi) is 5.11. The van der Waals surface area contributed by atoms with Gasteiger partial charge in [0.2, 0.25) is 0 Å². The maximum absolute atomic E-state index is 6.20. The van der Waals surface area contributed by atoms with Crippen LogP contribution in [0.1, 0.15) is 37.9 Å². The summed E-state index contributed by atoms with van der Waals surface area (Å²) in [5.74, 6) is 0. The van der Waals surface area contributed by atoms with E-state index in [1.54, 1.807) is 12.4 Å². The molecule has 1 aliphatic rings. The fraction of sp³-hybridized carbons (Fsp3) is 0.643. The molecular formula is C14H22N2O2. The molecule has 1 fully saturated rings. The van der Waals surface area contributed by atoms with Crippen molar-refractivity contribution in [3.63, 3.8) is 0 Å². The molecule has 2 heterocycles. The van der Waals surface area contributed by atoms with Gasteiger partial charge in [-0.3, -0.25) is 4.98 Å². The SMILES string of the molecule is CCC(N)C(OC1CCOCC1)c1ccncc1. The lowest BCUT2D eigenvalue weighted by molar-refractivity contribution is -0.0778. The van der Waals surface area contributed by atoms with Gasteiger partial charge in [-0.05, 0) is 37.0 Å². The molecule has 1 aromatic rings. The molecule has 2 rings (SSSR count). The van der Waals surface area contributed by atoms with Crippen LogP contribution in [0, 0.1) is 0 Å². The summed E-state index contributed by atoms with van der Waals surface area (Å²) in [6.45, 7) is 3.66. The molecule has 0 spiro atoms. The molecule has 2 atom stereocenters. The van der Waals surface area contributed by atoms with Crippen molar-refractivity contribution in [2.24, 2.45) is 5.73 Å². The summed E-state index contributed by atoms with van der Waals surface area (Å²) in [5, 5.41) is 0. The van der Waals surface area contributed by atoms with E-state index in [1.807, 2.05) is 12.1 Å². The van der Waals surface area contributed by atoms with E-state index in [0.717, 1.165) is 38.0 Å². The van der Waals surface area contributed by atoms with E-state index < -0.39 is 0 Å². The van der Waals surface area contributed by atoms with Gasteiger partial charge in [0.1, 0.15) is 0 Å². The van der Waals surface area contributed by atoms with E-state index in [0.29, 0.717) is 0 Å². The van der Waals surface area contributed by atoms with Gasteiger partial charge in [-0.1, -0.05) is 6.92 Å². The summed E-state index contributed by atoms with van der Waals surface area (Å²) in [6.07, 6.45) is 6.61. The number of hydrogen-bond acceptors (Lipinski definition) is 4. The Morgan fingerprint density at radius 2 is 2.06 bits per heavy atom. The summed E-state index contributed by atoms with van der Waals surface area (Å²) >= 11 is 0. The smallest absolute Gasteiger partial charge is 0.0980 e. The second-order valence-electron chi connectivity index (χ2n) is 4.72. The Bertz CT molecular complexity index is 339. The lowest BCUT2D eigenvalue weighted by atomic mass is 10.0. The predicted octanol–water partition coefficient (Wildman–Crippen LogP) is 2.06. The number of pyridine rings is 1. The van der Waals surface area contributed by atoms with E-state index in [9.17, 15) is 0 Å². The molecule has 0 bridgehead atoms. The van der Waals surface area contributed by atoms with Gasteiger partial charge in [0, 0.05) is 31.6 Å². The highest BCUT2D eigenvalue weighted by molar-refractivity contribution is 5.15. The molecule has 2 N–H and O–H groups in total. The van der Waals surface area contributed by atoms with Crippen LogP contribution in [0.2, 0.25) is 0 Å². The lowest BCUT2D eigenvalue weighted by Gasteiger charge is -2.30. The highest BCUT2D eigenvalue weighted by Gasteiger charge is 2.24. The Labute approximate surface area is 108 Å². The number of hydrogen-bond donors (Lipinski definition) is 1. The number of rotatable bonds is 5. The van der Waals surface area contributed by atoms with Gasteiger partial charge < -0.3 is 15.2 Å². The normalized spacial score (nSPS) is 20.6. The Hall–Kier alpha value is -0.970. The average molecular weight is 250 g/mol. The zero-order valence-corrected chi connectivity index (χ0v) is 10.9. The third kappa shape index (κ3) is 3.51. The van der Waals surface area contributed by atoms with Crippen LogP contribution in [-0.2, 0) is 9.47 Å². The van der Waals surface area contributed by atoms with Crippen LogP contribution in [0.3, 0.4) is 0 Å². The number of nitrogens with zero attached hydrogens (tertiary/aromatic N) is 1. The molecule has 1 aromatic heterocycles. The number of nitrogens with two attached hydrogens (primary N) is 1. The van der Waals surface area contributed by atoms with Crippen molar-refractivity contribution in [2.75, 3.05) is 13.2 Å². The monoisotopic (exact) mass is 250 g/mol. The van der Waals surface area contributed by atoms with Crippen molar-refractivity contribution < 1.29 is 9.47 Å². The third-order valence-corrected chi connectivity index (χ3v) is 3.40. The van der Waals surface area contributed by atoms with E-state index in [-0.39, 0.29) is 18.2 Å². The number of aromatic nitrogens is 1. The molecule has 0 saturated carbocycles. The first-order valence-corrected chi connectivity index (χ1v) is 6.70. The van der Waals surface area contributed by atoms with Gasteiger partial charge in [0.15, 0.2) is 0 Å². The first-order chi connectivity index (χ1) is 8.81. The molecule has 2 unspecified atom stereocenters. The van der Waals surface area contributed by atoms with Crippen molar-refractivity contribution >= 4 is 0 Å². The van der Waals surface area contributed by atoms with Crippen LogP contribution in [0.4, 0.5) is 0 Å². The molecule has 0 radical (unpaired) electrons. The fourth-order valence-electron chi connectivity index (χ4n) is 2.21. The third-order valence-electron chi connectivity index (χ3n) is 3.40. The van der Waals surface area contributed by atoms with E-state index in [2.05, 4.69) is 11.9 Å². The molecule has 4 nitrogen and oxygen atoms in total. The Morgan fingerprint density at radius 1 is 1.39 bits per heavy atom. The molecule has 1 saturated heterocycles. The Balaban J connectivity index is 2.05. The van der Waals surface area contributed by atoms with Gasteiger partial charge in [-0.2, -0.15) is 0 Å². The molecule has 4 heteroatoms. The molecule has 1 aliphatic heterocycles. The van der Waals surface area contributed by atoms with Crippen molar-refractivity contribution in [3.05, 3.63) is 30.1 Å². The zero-order valence-electron chi connectivity index (χ0n) is 10.9. The fourth-order valence-corrected chi connectivity index (χ4v) is 2.21. The summed E-state index contributed by atoms with van der Waals surface area (Å²) in [4.78, 5) is 4.04. The van der Waals surface area contributed by atoms with Crippen LogP contribution in [0.5, 0.6) is 0 Å². The summed E-state index contributed by atoms with van der Waals surface area (Å²) in [6, 6.07) is 3.99.